The molecule has 1 fully saturated rings. The maximum Gasteiger partial charge on any atom is 0.241 e. The lowest BCUT2D eigenvalue weighted by atomic mass is 9.99. The third kappa shape index (κ3) is 4.87. The van der Waals surface area contributed by atoms with Gasteiger partial charge in [-0.1, -0.05) is 25.2 Å². The highest BCUT2D eigenvalue weighted by Gasteiger charge is 2.34. The van der Waals surface area contributed by atoms with Crippen LogP contribution in [-0.2, 0) is 14.3 Å². The number of amides is 2. The molecule has 2 aromatic rings. The first-order chi connectivity index (χ1) is 13.2. The molecule has 152 valence electrons. The molecule has 0 bridgehead atoms. The molecule has 0 saturated carbocycles. The number of thiazole rings is 1. The van der Waals surface area contributed by atoms with Crippen molar-refractivity contribution in [1.82, 2.24) is 9.88 Å². The summed E-state index contributed by atoms with van der Waals surface area (Å²) < 4.78 is 6.73. The van der Waals surface area contributed by atoms with Crippen LogP contribution in [0.5, 0.6) is 0 Å². The van der Waals surface area contributed by atoms with Crippen LogP contribution in [0.15, 0.2) is 18.2 Å². The van der Waals surface area contributed by atoms with Crippen LogP contribution in [-0.4, -0.2) is 53.0 Å². The van der Waals surface area contributed by atoms with E-state index in [0.717, 1.165) is 29.0 Å². The molecule has 3 rings (SSSR count). The summed E-state index contributed by atoms with van der Waals surface area (Å²) >= 11 is 1.39. The number of benzene rings is 1. The summed E-state index contributed by atoms with van der Waals surface area (Å²) in [5.74, 6) is 0.0135. The van der Waals surface area contributed by atoms with Crippen molar-refractivity contribution >= 4 is 44.2 Å². The number of nitrogens with one attached hydrogen (secondary N) is 2. The van der Waals surface area contributed by atoms with Gasteiger partial charge in [-0.05, 0) is 38.0 Å². The fourth-order valence-corrected chi connectivity index (χ4v) is 4.71. The zero-order valence-electron chi connectivity index (χ0n) is 17.0. The lowest BCUT2D eigenvalue weighted by molar-refractivity contribution is -0.130. The predicted octanol–water partition coefficient (Wildman–Crippen LogP) is 3.33. The topological polar surface area (TPSA) is 83.6 Å². The second-order valence-electron chi connectivity index (χ2n) is 7.77. The minimum absolute atomic E-state index is 0.0118. The molecule has 1 aliphatic heterocycles. The minimum atomic E-state index is -0.221. The number of ether oxygens (including phenoxy) is 1. The average Bonchev–Trinajstić information content (AvgIpc) is 2.94. The smallest absolute Gasteiger partial charge is 0.241 e. The molecule has 2 N–H and O–H groups in total. The van der Waals surface area contributed by atoms with Crippen molar-refractivity contribution in [3.05, 3.63) is 18.2 Å². The van der Waals surface area contributed by atoms with Gasteiger partial charge >= 0.3 is 0 Å². The number of morpholine rings is 1. The van der Waals surface area contributed by atoms with E-state index < -0.39 is 0 Å². The molecule has 3 unspecified atom stereocenters. The van der Waals surface area contributed by atoms with Gasteiger partial charge in [-0.15, -0.1) is 0 Å². The largest absolute Gasteiger partial charge is 0.373 e. The van der Waals surface area contributed by atoms with Crippen LogP contribution in [0.4, 0.5) is 10.8 Å². The number of aromatic nitrogens is 1. The van der Waals surface area contributed by atoms with Gasteiger partial charge in [0.1, 0.15) is 0 Å². The summed E-state index contributed by atoms with van der Waals surface area (Å²) in [5.41, 5.74) is 1.53. The van der Waals surface area contributed by atoms with Gasteiger partial charge in [0.25, 0.3) is 0 Å². The van der Waals surface area contributed by atoms with E-state index in [1.807, 2.05) is 32.0 Å². The number of rotatable bonds is 5. The highest BCUT2D eigenvalue weighted by molar-refractivity contribution is 7.22. The molecule has 0 radical (unpaired) electrons. The highest BCUT2D eigenvalue weighted by atomic mass is 32.1. The van der Waals surface area contributed by atoms with E-state index in [9.17, 15) is 9.59 Å². The monoisotopic (exact) mass is 404 g/mol. The average molecular weight is 405 g/mol. The molecule has 1 saturated heterocycles. The number of nitrogens with zero attached hydrogens (tertiary/aromatic N) is 2. The molecule has 7 nitrogen and oxygen atoms in total. The molecule has 0 aliphatic carbocycles. The van der Waals surface area contributed by atoms with Crippen LogP contribution < -0.4 is 10.6 Å². The summed E-state index contributed by atoms with van der Waals surface area (Å²) in [6.45, 7) is 11.2. The molecule has 2 heterocycles. The van der Waals surface area contributed by atoms with Crippen molar-refractivity contribution in [2.24, 2.45) is 5.92 Å². The predicted molar refractivity (Wildman–Crippen MR) is 113 cm³/mol. The number of carbonyl (C=O) groups excluding carboxylic acids is 2. The van der Waals surface area contributed by atoms with Crippen LogP contribution >= 0.6 is 11.3 Å². The van der Waals surface area contributed by atoms with Gasteiger partial charge in [0.2, 0.25) is 11.8 Å². The fourth-order valence-electron chi connectivity index (χ4n) is 3.76. The van der Waals surface area contributed by atoms with Gasteiger partial charge in [-0.2, -0.15) is 0 Å². The van der Waals surface area contributed by atoms with Crippen LogP contribution in [0, 0.1) is 5.92 Å². The summed E-state index contributed by atoms with van der Waals surface area (Å²) in [7, 11) is 0. The van der Waals surface area contributed by atoms with Gasteiger partial charge in [0.15, 0.2) is 5.13 Å². The zero-order chi connectivity index (χ0) is 20.4. The summed E-state index contributed by atoms with van der Waals surface area (Å²) in [4.78, 5) is 30.9. The SMILES string of the molecule is CC(=O)Nc1nc2ccc(NC(=O)C(C(C)C)N3CC(C)OC(C)C3)cc2s1. The molecule has 1 aliphatic rings. The molecular weight excluding hydrogens is 376 g/mol. The highest BCUT2D eigenvalue weighted by Crippen LogP contribution is 2.29. The maximum absolute atomic E-state index is 13.1. The van der Waals surface area contributed by atoms with E-state index in [4.69, 9.17) is 4.74 Å². The number of carbonyl (C=O) groups is 2. The maximum atomic E-state index is 13.1. The number of hydrogen-bond acceptors (Lipinski definition) is 6. The van der Waals surface area contributed by atoms with E-state index in [1.54, 1.807) is 0 Å². The van der Waals surface area contributed by atoms with Gasteiger partial charge in [0, 0.05) is 25.7 Å². The van der Waals surface area contributed by atoms with Crippen molar-refractivity contribution in [2.75, 3.05) is 23.7 Å². The van der Waals surface area contributed by atoms with Crippen LogP contribution in [0.1, 0.15) is 34.6 Å². The number of hydrogen-bond donors (Lipinski definition) is 2. The van der Waals surface area contributed by atoms with E-state index >= 15 is 0 Å². The quantitative estimate of drug-likeness (QED) is 0.799. The lowest BCUT2D eigenvalue weighted by Gasteiger charge is -2.41. The summed E-state index contributed by atoms with van der Waals surface area (Å²) in [5, 5.41) is 6.32. The first kappa shape index (κ1) is 20.7. The van der Waals surface area contributed by atoms with Crippen molar-refractivity contribution in [3.8, 4) is 0 Å². The third-order valence-electron chi connectivity index (χ3n) is 4.68. The Labute approximate surface area is 169 Å². The minimum Gasteiger partial charge on any atom is -0.373 e. The van der Waals surface area contributed by atoms with Crippen molar-refractivity contribution in [2.45, 2.75) is 52.9 Å². The van der Waals surface area contributed by atoms with Crippen molar-refractivity contribution < 1.29 is 14.3 Å². The molecule has 3 atom stereocenters. The van der Waals surface area contributed by atoms with Crippen molar-refractivity contribution in [3.63, 3.8) is 0 Å². The van der Waals surface area contributed by atoms with E-state index in [-0.39, 0.29) is 36.0 Å². The fraction of sp³-hybridized carbons (Fsp3) is 0.550. The van der Waals surface area contributed by atoms with E-state index in [2.05, 4.69) is 34.4 Å². The van der Waals surface area contributed by atoms with Gasteiger partial charge in [0.05, 0.1) is 28.5 Å². The van der Waals surface area contributed by atoms with Crippen LogP contribution in [0.2, 0.25) is 0 Å². The molecule has 0 spiro atoms. The Morgan fingerprint density at radius 1 is 1.21 bits per heavy atom. The molecule has 1 aromatic heterocycles. The second-order valence-corrected chi connectivity index (χ2v) is 8.80. The molecule has 8 heteroatoms. The van der Waals surface area contributed by atoms with Crippen molar-refractivity contribution in [1.29, 1.82) is 0 Å². The van der Waals surface area contributed by atoms with Gasteiger partial charge < -0.3 is 15.4 Å². The Hall–Kier alpha value is -2.03. The Morgan fingerprint density at radius 2 is 1.89 bits per heavy atom. The number of anilines is 2. The Kier molecular flexibility index (Phi) is 6.32. The van der Waals surface area contributed by atoms with E-state index in [0.29, 0.717) is 5.13 Å². The first-order valence-electron chi connectivity index (χ1n) is 9.61. The van der Waals surface area contributed by atoms with Crippen LogP contribution in [0.3, 0.4) is 0 Å². The normalized spacial score (nSPS) is 21.6. The second kappa shape index (κ2) is 8.55. The standard InChI is InChI=1S/C20H28N4O3S/c1-11(2)18(24-9-12(3)27-13(4)10-24)19(26)22-15-6-7-16-17(8-15)28-20(23-16)21-14(5)25/h6-8,11-13,18H,9-10H2,1-5H3,(H,22,26)(H,21,23,25). The Balaban J connectivity index is 1.76. The molecule has 2 amide bonds. The Morgan fingerprint density at radius 3 is 2.50 bits per heavy atom. The van der Waals surface area contributed by atoms with Gasteiger partial charge in [-0.3, -0.25) is 14.5 Å². The zero-order valence-corrected chi connectivity index (χ0v) is 17.8. The Bertz CT molecular complexity index is 856. The first-order valence-corrected chi connectivity index (χ1v) is 10.4. The lowest BCUT2D eigenvalue weighted by Crippen LogP contribution is -2.55. The van der Waals surface area contributed by atoms with E-state index in [1.165, 1.54) is 18.3 Å². The molecule has 1 aromatic carbocycles. The molecular formula is C20H28N4O3S. The van der Waals surface area contributed by atoms with Gasteiger partial charge in [-0.25, -0.2) is 4.98 Å². The summed E-state index contributed by atoms with van der Waals surface area (Å²) in [6.07, 6.45) is 0.220. The summed E-state index contributed by atoms with van der Waals surface area (Å²) in [6, 6.07) is 5.38. The van der Waals surface area contributed by atoms with Crippen LogP contribution in [0.25, 0.3) is 10.2 Å². The molecule has 28 heavy (non-hydrogen) atoms. The number of fused-ring (bicyclic) bond motifs is 1. The third-order valence-corrected chi connectivity index (χ3v) is 5.61.